The number of hydrogen-bond donors (Lipinski definition) is 1. The van der Waals surface area contributed by atoms with Gasteiger partial charge >= 0.3 is 0 Å². The fraction of sp³-hybridized carbons (Fsp3) is 0.857. The predicted octanol–water partition coefficient (Wildman–Crippen LogP) is 2.24. The first-order chi connectivity index (χ1) is 8.88. The highest BCUT2D eigenvalue weighted by Gasteiger charge is 2.28. The Morgan fingerprint density at radius 1 is 1.11 bits per heavy atom. The molecule has 2 N–H and O–H groups in total. The summed E-state index contributed by atoms with van der Waals surface area (Å²) in [5, 5.41) is 8.85. The normalized spacial score (nSPS) is 21.4. The van der Waals surface area contributed by atoms with Crippen molar-refractivity contribution in [2.45, 2.75) is 63.8 Å². The smallest absolute Gasteiger partial charge is 0.0871 e. The number of hydrogen-bond acceptors (Lipinski definition) is 3. The number of nitrogens with two attached hydrogens (primary N) is 1. The molecule has 2 aliphatic rings. The molecular formula is C14H24N4. The molecule has 0 radical (unpaired) electrons. The van der Waals surface area contributed by atoms with Crippen molar-refractivity contribution in [1.82, 2.24) is 15.0 Å². The van der Waals surface area contributed by atoms with E-state index in [9.17, 15) is 0 Å². The molecule has 0 saturated heterocycles. The third kappa shape index (κ3) is 2.58. The molecule has 4 nitrogen and oxygen atoms in total. The van der Waals surface area contributed by atoms with Gasteiger partial charge in [0.2, 0.25) is 0 Å². The van der Waals surface area contributed by atoms with Gasteiger partial charge in [-0.05, 0) is 44.6 Å². The summed E-state index contributed by atoms with van der Waals surface area (Å²) in [5.41, 5.74) is 8.25. The monoisotopic (exact) mass is 248 g/mol. The molecule has 2 saturated carbocycles. The molecule has 0 spiro atoms. The molecule has 1 heterocycles. The van der Waals surface area contributed by atoms with Gasteiger partial charge in [0, 0.05) is 6.42 Å². The molecular weight excluding hydrogens is 224 g/mol. The fourth-order valence-electron chi connectivity index (χ4n) is 3.10. The van der Waals surface area contributed by atoms with Crippen LogP contribution in [-0.4, -0.2) is 21.5 Å². The van der Waals surface area contributed by atoms with Gasteiger partial charge in [-0.15, -0.1) is 5.10 Å². The summed E-state index contributed by atoms with van der Waals surface area (Å²) in [4.78, 5) is 0. The van der Waals surface area contributed by atoms with Crippen molar-refractivity contribution < 1.29 is 0 Å². The second-order valence-electron chi connectivity index (χ2n) is 5.91. The lowest BCUT2D eigenvalue weighted by Gasteiger charge is -2.23. The summed E-state index contributed by atoms with van der Waals surface area (Å²) in [6, 6.07) is 0.603. The van der Waals surface area contributed by atoms with E-state index in [1.54, 1.807) is 0 Å². The maximum atomic E-state index is 5.69. The highest BCUT2D eigenvalue weighted by molar-refractivity contribution is 5.14. The van der Waals surface area contributed by atoms with E-state index in [1.807, 2.05) is 0 Å². The zero-order valence-corrected chi connectivity index (χ0v) is 11.1. The summed E-state index contributed by atoms with van der Waals surface area (Å²) < 4.78 is 2.25. The Kier molecular flexibility index (Phi) is 3.64. The first-order valence-electron chi connectivity index (χ1n) is 7.51. The van der Waals surface area contributed by atoms with Crippen LogP contribution in [0.4, 0.5) is 0 Å². The lowest BCUT2D eigenvalue weighted by atomic mass is 9.95. The van der Waals surface area contributed by atoms with Crippen LogP contribution < -0.4 is 5.73 Å². The Morgan fingerprint density at radius 2 is 1.89 bits per heavy atom. The Bertz CT molecular complexity index is 388. The van der Waals surface area contributed by atoms with Gasteiger partial charge in [0.25, 0.3) is 0 Å². The topological polar surface area (TPSA) is 56.7 Å². The number of rotatable bonds is 5. The standard InChI is InChI=1S/C14H24N4/c15-9-8-13-14(10-11-6-7-11)18(17-16-13)12-4-2-1-3-5-12/h11-12H,1-10,15H2. The van der Waals surface area contributed by atoms with Gasteiger partial charge in [0.15, 0.2) is 0 Å². The first-order valence-corrected chi connectivity index (χ1v) is 7.51. The highest BCUT2D eigenvalue weighted by Crippen LogP contribution is 2.35. The van der Waals surface area contributed by atoms with Gasteiger partial charge in [0.1, 0.15) is 0 Å². The fourth-order valence-corrected chi connectivity index (χ4v) is 3.10. The van der Waals surface area contributed by atoms with E-state index in [0.29, 0.717) is 12.6 Å². The second kappa shape index (κ2) is 5.39. The minimum Gasteiger partial charge on any atom is -0.330 e. The summed E-state index contributed by atoms with van der Waals surface area (Å²) in [7, 11) is 0. The highest BCUT2D eigenvalue weighted by atomic mass is 15.4. The summed E-state index contributed by atoms with van der Waals surface area (Å²) in [6.45, 7) is 0.682. The minimum atomic E-state index is 0.603. The maximum absolute atomic E-state index is 5.69. The molecule has 18 heavy (non-hydrogen) atoms. The molecule has 2 fully saturated rings. The summed E-state index contributed by atoms with van der Waals surface area (Å²) >= 11 is 0. The molecule has 4 heteroatoms. The summed E-state index contributed by atoms with van der Waals surface area (Å²) in [6.07, 6.45) is 11.5. The Balaban J connectivity index is 1.81. The van der Waals surface area contributed by atoms with Crippen molar-refractivity contribution in [2.75, 3.05) is 6.54 Å². The van der Waals surface area contributed by atoms with E-state index < -0.39 is 0 Å². The third-order valence-electron chi connectivity index (χ3n) is 4.35. The maximum Gasteiger partial charge on any atom is 0.0871 e. The minimum absolute atomic E-state index is 0.603. The number of nitrogens with zero attached hydrogens (tertiary/aromatic N) is 3. The average molecular weight is 248 g/mol. The van der Waals surface area contributed by atoms with Crippen molar-refractivity contribution in [2.24, 2.45) is 11.7 Å². The summed E-state index contributed by atoms with van der Waals surface area (Å²) in [5.74, 6) is 0.891. The van der Waals surface area contributed by atoms with Gasteiger partial charge < -0.3 is 5.73 Å². The molecule has 1 aromatic rings. The van der Waals surface area contributed by atoms with E-state index in [0.717, 1.165) is 18.0 Å². The molecule has 0 atom stereocenters. The van der Waals surface area contributed by atoms with Crippen molar-refractivity contribution in [3.05, 3.63) is 11.4 Å². The van der Waals surface area contributed by atoms with Gasteiger partial charge in [0.05, 0.1) is 17.4 Å². The molecule has 0 amide bonds. The van der Waals surface area contributed by atoms with Crippen LogP contribution in [0.15, 0.2) is 0 Å². The van der Waals surface area contributed by atoms with Crippen LogP contribution in [0.3, 0.4) is 0 Å². The molecule has 3 rings (SSSR count). The zero-order valence-electron chi connectivity index (χ0n) is 11.1. The van der Waals surface area contributed by atoms with E-state index in [-0.39, 0.29) is 0 Å². The number of aromatic nitrogens is 3. The molecule has 0 bridgehead atoms. The van der Waals surface area contributed by atoms with Crippen LogP contribution in [0.2, 0.25) is 0 Å². The van der Waals surface area contributed by atoms with Crippen molar-refractivity contribution in [1.29, 1.82) is 0 Å². The molecule has 0 unspecified atom stereocenters. The predicted molar refractivity (Wildman–Crippen MR) is 71.3 cm³/mol. The SMILES string of the molecule is NCCc1nnn(C2CCCCC2)c1CC1CC1. The Labute approximate surface area is 109 Å². The lowest BCUT2D eigenvalue weighted by Crippen LogP contribution is -2.18. The van der Waals surface area contributed by atoms with E-state index in [1.165, 1.54) is 57.1 Å². The van der Waals surface area contributed by atoms with Crippen LogP contribution in [0.25, 0.3) is 0 Å². The van der Waals surface area contributed by atoms with Gasteiger partial charge in [-0.1, -0.05) is 24.5 Å². The lowest BCUT2D eigenvalue weighted by molar-refractivity contribution is 0.316. The molecule has 2 aliphatic carbocycles. The van der Waals surface area contributed by atoms with Crippen molar-refractivity contribution >= 4 is 0 Å². The van der Waals surface area contributed by atoms with E-state index in [2.05, 4.69) is 15.0 Å². The first kappa shape index (κ1) is 12.2. The van der Waals surface area contributed by atoms with Crippen molar-refractivity contribution in [3.8, 4) is 0 Å². The Morgan fingerprint density at radius 3 is 2.56 bits per heavy atom. The van der Waals surface area contributed by atoms with Crippen LogP contribution in [-0.2, 0) is 12.8 Å². The molecule has 0 aromatic carbocycles. The van der Waals surface area contributed by atoms with Gasteiger partial charge in [-0.2, -0.15) is 0 Å². The van der Waals surface area contributed by atoms with Gasteiger partial charge in [-0.3, -0.25) is 0 Å². The van der Waals surface area contributed by atoms with Crippen LogP contribution in [0.5, 0.6) is 0 Å². The largest absolute Gasteiger partial charge is 0.330 e. The van der Waals surface area contributed by atoms with Crippen molar-refractivity contribution in [3.63, 3.8) is 0 Å². The molecule has 1 aromatic heterocycles. The average Bonchev–Trinajstić information content (AvgIpc) is 3.14. The van der Waals surface area contributed by atoms with Gasteiger partial charge in [-0.25, -0.2) is 4.68 Å². The van der Waals surface area contributed by atoms with Crippen LogP contribution in [0, 0.1) is 5.92 Å². The second-order valence-corrected chi connectivity index (χ2v) is 5.91. The molecule has 0 aliphatic heterocycles. The van der Waals surface area contributed by atoms with E-state index in [4.69, 9.17) is 5.73 Å². The Hall–Kier alpha value is -0.900. The quantitative estimate of drug-likeness (QED) is 0.869. The zero-order chi connectivity index (χ0) is 12.4. The van der Waals surface area contributed by atoms with Crippen LogP contribution in [0.1, 0.15) is 62.4 Å². The molecule has 100 valence electrons. The van der Waals surface area contributed by atoms with E-state index >= 15 is 0 Å². The third-order valence-corrected chi connectivity index (χ3v) is 4.35. The van der Waals surface area contributed by atoms with Crippen LogP contribution >= 0.6 is 0 Å².